The third-order valence-corrected chi connectivity index (χ3v) is 2.86. The second-order valence-electron chi connectivity index (χ2n) is 4.50. The van der Waals surface area contributed by atoms with Crippen LogP contribution >= 0.6 is 0 Å². The van der Waals surface area contributed by atoms with Crippen molar-refractivity contribution in [1.82, 2.24) is 10.4 Å². The van der Waals surface area contributed by atoms with Crippen LogP contribution in [0.3, 0.4) is 0 Å². The molecule has 1 aromatic heterocycles. The van der Waals surface area contributed by atoms with Gasteiger partial charge in [-0.3, -0.25) is 16.3 Å². The smallest absolute Gasteiger partial charge is 0.126 e. The van der Waals surface area contributed by atoms with E-state index in [0.717, 1.165) is 17.2 Å². The first-order chi connectivity index (χ1) is 9.08. The summed E-state index contributed by atoms with van der Waals surface area (Å²) in [6.07, 6.45) is 3.81. The number of halogens is 2. The number of nitrogens with one attached hydrogen (secondary N) is 1. The van der Waals surface area contributed by atoms with Crippen LogP contribution in [0.15, 0.2) is 36.7 Å². The lowest BCUT2D eigenvalue weighted by molar-refractivity contribution is 0.538. The molecule has 3 nitrogen and oxygen atoms in total. The molecule has 0 aliphatic carbocycles. The molecule has 0 saturated heterocycles. The van der Waals surface area contributed by atoms with Crippen molar-refractivity contribution in [2.45, 2.75) is 19.4 Å². The molecule has 5 heteroatoms. The number of aromatic nitrogens is 1. The molecule has 0 amide bonds. The van der Waals surface area contributed by atoms with E-state index in [0.29, 0.717) is 12.0 Å². The normalized spacial score (nSPS) is 12.4. The van der Waals surface area contributed by atoms with Crippen LogP contribution in [0.5, 0.6) is 0 Å². The summed E-state index contributed by atoms with van der Waals surface area (Å²) in [6.45, 7) is 1.92. The molecule has 1 unspecified atom stereocenters. The number of pyridine rings is 1. The second kappa shape index (κ2) is 5.86. The molecule has 0 radical (unpaired) electrons. The second-order valence-corrected chi connectivity index (χ2v) is 4.50. The zero-order chi connectivity index (χ0) is 13.8. The molecule has 2 rings (SSSR count). The zero-order valence-corrected chi connectivity index (χ0v) is 10.5. The predicted octanol–water partition coefficient (Wildman–Crippen LogP) is 2.42. The van der Waals surface area contributed by atoms with E-state index in [-0.39, 0.29) is 6.04 Å². The molecule has 0 bridgehead atoms. The summed E-state index contributed by atoms with van der Waals surface area (Å²) in [7, 11) is 0. The molecular weight excluding hydrogens is 248 g/mol. The average molecular weight is 263 g/mol. The van der Waals surface area contributed by atoms with Gasteiger partial charge in [0.2, 0.25) is 0 Å². The topological polar surface area (TPSA) is 50.9 Å². The molecule has 0 aliphatic heterocycles. The van der Waals surface area contributed by atoms with Gasteiger partial charge in [0, 0.05) is 18.5 Å². The summed E-state index contributed by atoms with van der Waals surface area (Å²) >= 11 is 0. The minimum Gasteiger partial charge on any atom is -0.271 e. The number of hydrogen-bond acceptors (Lipinski definition) is 3. The van der Waals surface area contributed by atoms with Gasteiger partial charge in [-0.05, 0) is 42.2 Å². The highest BCUT2D eigenvalue weighted by Gasteiger charge is 2.12. The number of benzene rings is 1. The van der Waals surface area contributed by atoms with E-state index < -0.39 is 11.6 Å². The molecule has 1 aromatic carbocycles. The SMILES string of the molecule is Cc1cncc(C(Cc2cc(F)cc(F)c2)NN)c1. The van der Waals surface area contributed by atoms with E-state index in [1.807, 2.05) is 13.0 Å². The van der Waals surface area contributed by atoms with Crippen molar-refractivity contribution < 1.29 is 8.78 Å². The van der Waals surface area contributed by atoms with Crippen molar-refractivity contribution in [3.05, 3.63) is 65.0 Å². The third kappa shape index (κ3) is 3.56. The fourth-order valence-corrected chi connectivity index (χ4v) is 2.01. The Morgan fingerprint density at radius 2 is 1.84 bits per heavy atom. The fraction of sp³-hybridized carbons (Fsp3) is 0.214. The Morgan fingerprint density at radius 3 is 2.42 bits per heavy atom. The minimum absolute atomic E-state index is 0.242. The standard InChI is InChI=1S/C14H15F2N3/c1-9-2-11(8-18-7-9)14(19-17)5-10-3-12(15)6-13(16)4-10/h2-4,6-8,14,19H,5,17H2,1H3. The first-order valence-corrected chi connectivity index (χ1v) is 5.91. The molecule has 0 fully saturated rings. The van der Waals surface area contributed by atoms with Gasteiger partial charge >= 0.3 is 0 Å². The summed E-state index contributed by atoms with van der Waals surface area (Å²) in [5.41, 5.74) is 5.08. The molecule has 3 N–H and O–H groups in total. The Kier molecular flexibility index (Phi) is 4.19. The van der Waals surface area contributed by atoms with E-state index in [1.165, 1.54) is 12.1 Å². The van der Waals surface area contributed by atoms with Gasteiger partial charge < -0.3 is 0 Å². The Labute approximate surface area is 110 Å². The van der Waals surface area contributed by atoms with Gasteiger partial charge in [0.15, 0.2) is 0 Å². The van der Waals surface area contributed by atoms with Gasteiger partial charge in [-0.15, -0.1) is 0 Å². The Hall–Kier alpha value is -1.85. The van der Waals surface area contributed by atoms with Crippen LogP contribution < -0.4 is 11.3 Å². The summed E-state index contributed by atoms with van der Waals surface area (Å²) in [5.74, 6) is 4.33. The van der Waals surface area contributed by atoms with Crippen LogP contribution in [0.1, 0.15) is 22.7 Å². The number of nitrogens with two attached hydrogens (primary N) is 1. The van der Waals surface area contributed by atoms with E-state index in [1.54, 1.807) is 12.4 Å². The lowest BCUT2D eigenvalue weighted by atomic mass is 10.00. The molecule has 0 spiro atoms. The largest absolute Gasteiger partial charge is 0.271 e. The van der Waals surface area contributed by atoms with Crippen LogP contribution in [0.2, 0.25) is 0 Å². The van der Waals surface area contributed by atoms with E-state index in [9.17, 15) is 8.78 Å². The monoisotopic (exact) mass is 263 g/mol. The summed E-state index contributed by atoms with van der Waals surface area (Å²) in [5, 5.41) is 0. The molecule has 19 heavy (non-hydrogen) atoms. The number of aryl methyl sites for hydroxylation is 1. The summed E-state index contributed by atoms with van der Waals surface area (Å²) in [6, 6.07) is 5.15. The fourth-order valence-electron chi connectivity index (χ4n) is 2.01. The zero-order valence-electron chi connectivity index (χ0n) is 10.5. The Morgan fingerprint density at radius 1 is 1.16 bits per heavy atom. The number of hydrazine groups is 1. The predicted molar refractivity (Wildman–Crippen MR) is 69.1 cm³/mol. The number of hydrogen-bond donors (Lipinski definition) is 2. The maximum absolute atomic E-state index is 13.1. The quantitative estimate of drug-likeness (QED) is 0.658. The van der Waals surface area contributed by atoms with Gasteiger partial charge in [-0.25, -0.2) is 8.78 Å². The van der Waals surface area contributed by atoms with E-state index in [4.69, 9.17) is 5.84 Å². The summed E-state index contributed by atoms with van der Waals surface area (Å²) < 4.78 is 26.3. The minimum atomic E-state index is -0.590. The van der Waals surface area contributed by atoms with Crippen molar-refractivity contribution >= 4 is 0 Å². The van der Waals surface area contributed by atoms with Crippen LogP contribution in [-0.4, -0.2) is 4.98 Å². The molecule has 2 aromatic rings. The number of nitrogens with zero attached hydrogens (tertiary/aromatic N) is 1. The van der Waals surface area contributed by atoms with Gasteiger partial charge in [-0.1, -0.05) is 6.07 Å². The van der Waals surface area contributed by atoms with Crippen molar-refractivity contribution in [3.63, 3.8) is 0 Å². The lowest BCUT2D eigenvalue weighted by Gasteiger charge is -2.16. The average Bonchev–Trinajstić information content (AvgIpc) is 2.34. The van der Waals surface area contributed by atoms with Crippen molar-refractivity contribution in [1.29, 1.82) is 0 Å². The first-order valence-electron chi connectivity index (χ1n) is 5.91. The Bertz CT molecular complexity index is 552. The maximum atomic E-state index is 13.1. The van der Waals surface area contributed by atoms with Crippen LogP contribution in [0.25, 0.3) is 0 Å². The van der Waals surface area contributed by atoms with Crippen molar-refractivity contribution in [3.8, 4) is 0 Å². The molecule has 100 valence electrons. The molecule has 1 atom stereocenters. The van der Waals surface area contributed by atoms with Gasteiger partial charge in [0.1, 0.15) is 11.6 Å². The maximum Gasteiger partial charge on any atom is 0.126 e. The molecule has 1 heterocycles. The van der Waals surface area contributed by atoms with Crippen molar-refractivity contribution in [2.75, 3.05) is 0 Å². The van der Waals surface area contributed by atoms with Gasteiger partial charge in [-0.2, -0.15) is 0 Å². The lowest BCUT2D eigenvalue weighted by Crippen LogP contribution is -2.29. The Balaban J connectivity index is 2.23. The summed E-state index contributed by atoms with van der Waals surface area (Å²) in [4.78, 5) is 4.09. The van der Waals surface area contributed by atoms with E-state index in [2.05, 4.69) is 10.4 Å². The first kappa shape index (κ1) is 13.6. The molecule has 0 aliphatic rings. The third-order valence-electron chi connectivity index (χ3n) is 2.86. The molecular formula is C14H15F2N3. The van der Waals surface area contributed by atoms with Gasteiger partial charge in [0.25, 0.3) is 0 Å². The van der Waals surface area contributed by atoms with Crippen molar-refractivity contribution in [2.24, 2.45) is 5.84 Å². The molecule has 0 saturated carbocycles. The highest BCUT2D eigenvalue weighted by molar-refractivity contribution is 5.25. The van der Waals surface area contributed by atoms with Crippen LogP contribution in [0.4, 0.5) is 8.78 Å². The highest BCUT2D eigenvalue weighted by Crippen LogP contribution is 2.19. The van der Waals surface area contributed by atoms with Crippen LogP contribution in [0, 0.1) is 18.6 Å². The highest BCUT2D eigenvalue weighted by atomic mass is 19.1. The van der Waals surface area contributed by atoms with E-state index >= 15 is 0 Å². The van der Waals surface area contributed by atoms with Crippen LogP contribution in [-0.2, 0) is 6.42 Å². The number of rotatable bonds is 4. The van der Waals surface area contributed by atoms with Gasteiger partial charge in [0.05, 0.1) is 6.04 Å².